The number of hydrogen-bond acceptors (Lipinski definition) is 3. The lowest BCUT2D eigenvalue weighted by Crippen LogP contribution is -2.18. The number of anilines is 1. The van der Waals surface area contributed by atoms with Crippen LogP contribution >= 0.6 is 0 Å². The molecule has 0 aromatic heterocycles. The molecule has 0 heterocycles. The Morgan fingerprint density at radius 2 is 1.81 bits per heavy atom. The Kier molecular flexibility index (Phi) is 4.63. The molecule has 0 aliphatic rings. The van der Waals surface area contributed by atoms with Crippen LogP contribution < -0.4 is 5.32 Å². The van der Waals surface area contributed by atoms with Crippen LogP contribution in [0.25, 0.3) is 0 Å². The van der Waals surface area contributed by atoms with Crippen molar-refractivity contribution in [1.82, 2.24) is 0 Å². The summed E-state index contributed by atoms with van der Waals surface area (Å²) >= 11 is 0. The largest absolute Gasteiger partial charge is 0.382 e. The molecule has 3 nitrogen and oxygen atoms in total. The van der Waals surface area contributed by atoms with E-state index in [1.807, 2.05) is 13.0 Å². The molecule has 0 saturated heterocycles. The summed E-state index contributed by atoms with van der Waals surface area (Å²) < 4.78 is 35.9. The highest BCUT2D eigenvalue weighted by Crippen LogP contribution is 2.16. The molecule has 0 bridgehead atoms. The maximum Gasteiger partial charge on any atom is 0.175 e. The Labute approximate surface area is 124 Å². The van der Waals surface area contributed by atoms with Crippen LogP contribution in [0.5, 0.6) is 0 Å². The third-order valence-electron chi connectivity index (χ3n) is 3.13. The normalized spacial score (nSPS) is 12.9. The second-order valence-electron chi connectivity index (χ2n) is 5.18. The van der Waals surface area contributed by atoms with E-state index in [0.29, 0.717) is 11.3 Å². The number of rotatable bonds is 5. The zero-order valence-corrected chi connectivity index (χ0v) is 12.8. The van der Waals surface area contributed by atoms with E-state index in [2.05, 4.69) is 5.32 Å². The van der Waals surface area contributed by atoms with Gasteiger partial charge in [-0.2, -0.15) is 0 Å². The number of nitrogens with one attached hydrogen (secondary N) is 1. The van der Waals surface area contributed by atoms with Crippen LogP contribution in [0.1, 0.15) is 12.5 Å². The van der Waals surface area contributed by atoms with Gasteiger partial charge in [-0.3, -0.25) is 0 Å². The van der Waals surface area contributed by atoms with Crippen molar-refractivity contribution in [2.45, 2.75) is 24.3 Å². The van der Waals surface area contributed by atoms with Gasteiger partial charge in [0.15, 0.2) is 9.84 Å². The Morgan fingerprint density at radius 1 is 1.14 bits per heavy atom. The van der Waals surface area contributed by atoms with Gasteiger partial charge in [-0.05, 0) is 55.3 Å². The molecule has 21 heavy (non-hydrogen) atoms. The average Bonchev–Trinajstić information content (AvgIpc) is 2.38. The van der Waals surface area contributed by atoms with Crippen molar-refractivity contribution in [2.75, 3.05) is 11.6 Å². The minimum atomic E-state index is -3.17. The fourth-order valence-electron chi connectivity index (χ4n) is 2.15. The fourth-order valence-corrected chi connectivity index (χ4v) is 2.78. The number of hydrogen-bond donors (Lipinski definition) is 1. The van der Waals surface area contributed by atoms with Gasteiger partial charge < -0.3 is 5.32 Å². The molecule has 5 heteroatoms. The Balaban J connectivity index is 2.01. The first-order valence-corrected chi connectivity index (χ1v) is 8.55. The molecule has 2 aromatic rings. The Bertz CT molecular complexity index is 711. The molecule has 1 unspecified atom stereocenters. The molecular formula is C16H18FNO2S. The molecule has 0 radical (unpaired) electrons. The second-order valence-corrected chi connectivity index (χ2v) is 7.19. The zero-order chi connectivity index (χ0) is 15.5. The van der Waals surface area contributed by atoms with Crippen LogP contribution in [0, 0.1) is 5.82 Å². The summed E-state index contributed by atoms with van der Waals surface area (Å²) in [4.78, 5) is 0.297. The van der Waals surface area contributed by atoms with Crippen molar-refractivity contribution < 1.29 is 12.8 Å². The minimum Gasteiger partial charge on any atom is -0.382 e. The SMILES string of the molecule is CC(Cc1cccc(F)c1)Nc1ccc(S(C)(=O)=O)cc1. The molecule has 1 atom stereocenters. The van der Waals surface area contributed by atoms with Crippen LogP contribution in [0.3, 0.4) is 0 Å². The maximum atomic E-state index is 13.1. The highest BCUT2D eigenvalue weighted by Gasteiger charge is 2.08. The standard InChI is InChI=1S/C16H18FNO2S/c1-12(10-13-4-3-5-14(17)11-13)18-15-6-8-16(9-7-15)21(2,19)20/h3-9,11-12,18H,10H2,1-2H3. The molecule has 2 rings (SSSR count). The van der Waals surface area contributed by atoms with E-state index in [4.69, 9.17) is 0 Å². The van der Waals surface area contributed by atoms with Crippen LogP contribution in [0.4, 0.5) is 10.1 Å². The van der Waals surface area contributed by atoms with E-state index >= 15 is 0 Å². The predicted octanol–water partition coefficient (Wildman–Crippen LogP) is 3.27. The van der Waals surface area contributed by atoms with Crippen molar-refractivity contribution in [3.8, 4) is 0 Å². The Hall–Kier alpha value is -1.88. The van der Waals surface area contributed by atoms with Gasteiger partial charge in [-0.25, -0.2) is 12.8 Å². The second kappa shape index (κ2) is 6.26. The number of sulfone groups is 1. The van der Waals surface area contributed by atoms with Crippen LogP contribution in [-0.2, 0) is 16.3 Å². The van der Waals surface area contributed by atoms with Crippen molar-refractivity contribution in [1.29, 1.82) is 0 Å². The summed E-state index contributed by atoms with van der Waals surface area (Å²) in [5, 5.41) is 3.27. The molecule has 0 fully saturated rings. The molecule has 2 aromatic carbocycles. The molecule has 0 spiro atoms. The summed E-state index contributed by atoms with van der Waals surface area (Å²) in [7, 11) is -3.17. The van der Waals surface area contributed by atoms with Gasteiger partial charge in [-0.1, -0.05) is 12.1 Å². The van der Waals surface area contributed by atoms with Crippen LogP contribution in [-0.4, -0.2) is 20.7 Å². The highest BCUT2D eigenvalue weighted by atomic mass is 32.2. The third-order valence-corrected chi connectivity index (χ3v) is 4.25. The zero-order valence-electron chi connectivity index (χ0n) is 12.0. The van der Waals surface area contributed by atoms with Crippen molar-refractivity contribution in [2.24, 2.45) is 0 Å². The molecule has 0 aliphatic heterocycles. The molecule has 1 N–H and O–H groups in total. The lowest BCUT2D eigenvalue weighted by Gasteiger charge is -2.15. The third kappa shape index (κ3) is 4.56. The molecule has 0 saturated carbocycles. The summed E-state index contributed by atoms with van der Waals surface area (Å²) in [6.07, 6.45) is 1.87. The van der Waals surface area contributed by atoms with Crippen molar-refractivity contribution >= 4 is 15.5 Å². The summed E-state index contributed by atoms with van der Waals surface area (Å²) in [5.74, 6) is -0.239. The first-order chi connectivity index (χ1) is 9.84. The molecule has 0 amide bonds. The molecule has 112 valence electrons. The van der Waals surface area contributed by atoms with Crippen LogP contribution in [0.2, 0.25) is 0 Å². The van der Waals surface area contributed by atoms with Gasteiger partial charge in [0.2, 0.25) is 0 Å². The van der Waals surface area contributed by atoms with E-state index in [0.717, 1.165) is 11.3 Å². The monoisotopic (exact) mass is 307 g/mol. The van der Waals surface area contributed by atoms with Gasteiger partial charge in [0.25, 0.3) is 0 Å². The average molecular weight is 307 g/mol. The van der Waals surface area contributed by atoms with Gasteiger partial charge in [-0.15, -0.1) is 0 Å². The lowest BCUT2D eigenvalue weighted by molar-refractivity contribution is 0.602. The van der Waals surface area contributed by atoms with E-state index < -0.39 is 9.84 Å². The van der Waals surface area contributed by atoms with Gasteiger partial charge >= 0.3 is 0 Å². The fraction of sp³-hybridized carbons (Fsp3) is 0.250. The minimum absolute atomic E-state index is 0.107. The predicted molar refractivity (Wildman–Crippen MR) is 82.7 cm³/mol. The van der Waals surface area contributed by atoms with Crippen LogP contribution in [0.15, 0.2) is 53.4 Å². The summed E-state index contributed by atoms with van der Waals surface area (Å²) in [5.41, 5.74) is 1.76. The number of halogens is 1. The van der Waals surface area contributed by atoms with Gasteiger partial charge in [0.05, 0.1) is 4.90 Å². The van der Waals surface area contributed by atoms with Crippen molar-refractivity contribution in [3.63, 3.8) is 0 Å². The topological polar surface area (TPSA) is 46.2 Å². The Morgan fingerprint density at radius 3 is 2.38 bits per heavy atom. The van der Waals surface area contributed by atoms with E-state index in [-0.39, 0.29) is 11.9 Å². The molecular weight excluding hydrogens is 289 g/mol. The van der Waals surface area contributed by atoms with E-state index in [1.165, 1.54) is 18.4 Å². The maximum absolute atomic E-state index is 13.1. The summed E-state index contributed by atoms with van der Waals surface area (Å²) in [6.45, 7) is 2.00. The first-order valence-electron chi connectivity index (χ1n) is 6.66. The van der Waals surface area contributed by atoms with Gasteiger partial charge in [0, 0.05) is 18.0 Å². The van der Waals surface area contributed by atoms with Gasteiger partial charge in [0.1, 0.15) is 5.82 Å². The molecule has 0 aliphatic carbocycles. The van der Waals surface area contributed by atoms with E-state index in [1.54, 1.807) is 30.3 Å². The number of benzene rings is 2. The van der Waals surface area contributed by atoms with Crippen molar-refractivity contribution in [3.05, 3.63) is 59.9 Å². The quantitative estimate of drug-likeness (QED) is 0.922. The van der Waals surface area contributed by atoms with E-state index in [9.17, 15) is 12.8 Å². The summed E-state index contributed by atoms with van der Waals surface area (Å²) in [6, 6.07) is 13.2. The first kappa shape index (κ1) is 15.5. The smallest absolute Gasteiger partial charge is 0.175 e. The lowest BCUT2D eigenvalue weighted by atomic mass is 10.1. The highest BCUT2D eigenvalue weighted by molar-refractivity contribution is 7.90.